The van der Waals surface area contributed by atoms with Crippen LogP contribution in [0.1, 0.15) is 11.1 Å². The van der Waals surface area contributed by atoms with Gasteiger partial charge in [0.1, 0.15) is 5.82 Å². The van der Waals surface area contributed by atoms with Crippen LogP contribution in [0.15, 0.2) is 36.4 Å². The van der Waals surface area contributed by atoms with Gasteiger partial charge in [-0.05, 0) is 55.4 Å². The number of halogens is 2. The lowest BCUT2D eigenvalue weighted by Crippen LogP contribution is -2.20. The molecule has 2 nitrogen and oxygen atoms in total. The summed E-state index contributed by atoms with van der Waals surface area (Å²) in [7, 11) is 0. The monoisotopic (exact) mass is 308 g/mol. The van der Waals surface area contributed by atoms with Crippen molar-refractivity contribution in [2.24, 2.45) is 0 Å². The van der Waals surface area contributed by atoms with Crippen molar-refractivity contribution >= 4 is 40.3 Å². The highest BCUT2D eigenvalue weighted by molar-refractivity contribution is 7.80. The van der Waals surface area contributed by atoms with Crippen LogP contribution in [0.25, 0.3) is 0 Å². The van der Waals surface area contributed by atoms with E-state index in [4.69, 9.17) is 23.8 Å². The highest BCUT2D eigenvalue weighted by atomic mass is 35.5. The molecule has 0 amide bonds. The zero-order chi connectivity index (χ0) is 14.7. The Labute approximate surface area is 128 Å². The summed E-state index contributed by atoms with van der Waals surface area (Å²) in [5.74, 6) is -0.453. The molecular weight excluding hydrogens is 295 g/mol. The molecule has 2 N–H and O–H groups in total. The van der Waals surface area contributed by atoms with Crippen LogP contribution in [0.2, 0.25) is 5.02 Å². The molecule has 0 aliphatic heterocycles. The van der Waals surface area contributed by atoms with Crippen LogP contribution in [0.5, 0.6) is 0 Å². The van der Waals surface area contributed by atoms with E-state index in [0.717, 1.165) is 16.8 Å². The van der Waals surface area contributed by atoms with Gasteiger partial charge in [-0.2, -0.15) is 0 Å². The Morgan fingerprint density at radius 2 is 1.75 bits per heavy atom. The topological polar surface area (TPSA) is 24.1 Å². The Hall–Kier alpha value is -1.65. The molecule has 2 aromatic carbocycles. The number of nitrogens with one attached hydrogen (secondary N) is 2. The normalized spacial score (nSPS) is 10.2. The summed E-state index contributed by atoms with van der Waals surface area (Å²) in [5, 5.41) is 6.62. The summed E-state index contributed by atoms with van der Waals surface area (Å²) in [5.41, 5.74) is 3.82. The first kappa shape index (κ1) is 14.8. The summed E-state index contributed by atoms with van der Waals surface area (Å²) >= 11 is 11.0. The number of hydrogen-bond acceptors (Lipinski definition) is 1. The minimum Gasteiger partial charge on any atom is -0.332 e. The number of anilines is 2. The lowest BCUT2D eigenvalue weighted by molar-refractivity contribution is 0.628. The Bertz CT molecular complexity index is 638. The van der Waals surface area contributed by atoms with Crippen LogP contribution in [-0.2, 0) is 0 Å². The zero-order valence-corrected chi connectivity index (χ0v) is 12.7. The van der Waals surface area contributed by atoms with E-state index in [9.17, 15) is 4.39 Å². The Balaban J connectivity index is 2.11. The van der Waals surface area contributed by atoms with Crippen LogP contribution in [0, 0.1) is 19.7 Å². The minimum absolute atomic E-state index is 0.0601. The molecule has 0 radical (unpaired) electrons. The number of para-hydroxylation sites is 1. The van der Waals surface area contributed by atoms with Crippen molar-refractivity contribution in [2.45, 2.75) is 13.8 Å². The molecule has 5 heteroatoms. The van der Waals surface area contributed by atoms with E-state index >= 15 is 0 Å². The standard InChI is InChI=1S/C15H14ClFN2S/c1-9-4-3-5-10(2)14(9)19-15(20)18-11-6-7-13(17)12(16)8-11/h3-8H,1-2H3,(H2,18,19,20). The van der Waals surface area contributed by atoms with Gasteiger partial charge in [-0.1, -0.05) is 29.8 Å². The predicted octanol–water partition coefficient (Wildman–Crippen LogP) is 4.90. The van der Waals surface area contributed by atoms with Crippen LogP contribution in [-0.4, -0.2) is 5.11 Å². The van der Waals surface area contributed by atoms with Gasteiger partial charge in [0.15, 0.2) is 5.11 Å². The van der Waals surface area contributed by atoms with Gasteiger partial charge in [0.25, 0.3) is 0 Å². The van der Waals surface area contributed by atoms with E-state index in [-0.39, 0.29) is 5.02 Å². The van der Waals surface area contributed by atoms with Crippen LogP contribution >= 0.6 is 23.8 Å². The number of thiocarbonyl (C=S) groups is 1. The van der Waals surface area contributed by atoms with Gasteiger partial charge in [-0.3, -0.25) is 0 Å². The van der Waals surface area contributed by atoms with Crippen molar-refractivity contribution in [1.82, 2.24) is 0 Å². The van der Waals surface area contributed by atoms with Crippen molar-refractivity contribution in [3.05, 3.63) is 58.4 Å². The van der Waals surface area contributed by atoms with E-state index in [1.54, 1.807) is 6.07 Å². The van der Waals surface area contributed by atoms with Crippen molar-refractivity contribution in [1.29, 1.82) is 0 Å². The first-order valence-electron chi connectivity index (χ1n) is 6.06. The van der Waals surface area contributed by atoms with Gasteiger partial charge >= 0.3 is 0 Å². The highest BCUT2D eigenvalue weighted by Gasteiger charge is 2.06. The Morgan fingerprint density at radius 1 is 1.10 bits per heavy atom. The summed E-state index contributed by atoms with van der Waals surface area (Å²) < 4.78 is 13.1. The number of aryl methyl sites for hydroxylation is 2. The summed E-state index contributed by atoms with van der Waals surface area (Å²) in [6.45, 7) is 4.01. The van der Waals surface area contributed by atoms with Gasteiger partial charge in [-0.25, -0.2) is 4.39 Å². The molecule has 0 fully saturated rings. The third kappa shape index (κ3) is 3.46. The Kier molecular flexibility index (Phi) is 4.57. The quantitative estimate of drug-likeness (QED) is 0.771. The zero-order valence-electron chi connectivity index (χ0n) is 11.1. The van der Waals surface area contributed by atoms with Crippen LogP contribution in [0.3, 0.4) is 0 Å². The SMILES string of the molecule is Cc1cccc(C)c1NC(=S)Nc1ccc(F)c(Cl)c1. The summed E-state index contributed by atoms with van der Waals surface area (Å²) in [4.78, 5) is 0. The number of hydrogen-bond donors (Lipinski definition) is 2. The molecule has 2 aromatic rings. The fourth-order valence-corrected chi connectivity index (χ4v) is 2.26. The third-order valence-corrected chi connectivity index (χ3v) is 3.39. The fraction of sp³-hybridized carbons (Fsp3) is 0.133. The average Bonchev–Trinajstić information content (AvgIpc) is 2.38. The average molecular weight is 309 g/mol. The molecular formula is C15H14ClFN2S. The molecule has 0 unspecified atom stereocenters. The molecule has 0 aliphatic carbocycles. The molecule has 0 saturated heterocycles. The van der Waals surface area contributed by atoms with Gasteiger partial charge < -0.3 is 10.6 Å². The Morgan fingerprint density at radius 3 is 2.35 bits per heavy atom. The molecule has 0 saturated carbocycles. The molecule has 0 heterocycles. The van der Waals surface area contributed by atoms with Gasteiger partial charge in [0.2, 0.25) is 0 Å². The van der Waals surface area contributed by atoms with E-state index in [0.29, 0.717) is 10.8 Å². The lowest BCUT2D eigenvalue weighted by atomic mass is 10.1. The molecule has 20 heavy (non-hydrogen) atoms. The van der Waals surface area contributed by atoms with Crippen LogP contribution < -0.4 is 10.6 Å². The third-order valence-electron chi connectivity index (χ3n) is 2.90. The van der Waals surface area contributed by atoms with Crippen molar-refractivity contribution < 1.29 is 4.39 Å². The molecule has 0 aliphatic rings. The molecule has 0 aromatic heterocycles. The summed E-state index contributed by atoms with van der Waals surface area (Å²) in [6.07, 6.45) is 0. The van der Waals surface area contributed by atoms with Crippen molar-refractivity contribution in [3.8, 4) is 0 Å². The molecule has 2 rings (SSSR count). The van der Waals surface area contributed by atoms with Gasteiger partial charge in [-0.15, -0.1) is 0 Å². The predicted molar refractivity (Wildman–Crippen MR) is 87.2 cm³/mol. The smallest absolute Gasteiger partial charge is 0.175 e. The molecule has 0 atom stereocenters. The number of rotatable bonds is 2. The molecule has 0 spiro atoms. The van der Waals surface area contributed by atoms with Gasteiger partial charge in [0, 0.05) is 11.4 Å². The number of benzene rings is 2. The molecule has 0 bridgehead atoms. The highest BCUT2D eigenvalue weighted by Crippen LogP contribution is 2.21. The van der Waals surface area contributed by atoms with Crippen molar-refractivity contribution in [3.63, 3.8) is 0 Å². The largest absolute Gasteiger partial charge is 0.332 e. The second-order valence-corrected chi connectivity index (χ2v) is 5.29. The van der Waals surface area contributed by atoms with E-state index in [2.05, 4.69) is 10.6 Å². The van der Waals surface area contributed by atoms with Crippen LogP contribution in [0.4, 0.5) is 15.8 Å². The maximum absolute atomic E-state index is 13.1. The lowest BCUT2D eigenvalue weighted by Gasteiger charge is -2.15. The first-order valence-corrected chi connectivity index (χ1v) is 6.85. The maximum Gasteiger partial charge on any atom is 0.175 e. The fourth-order valence-electron chi connectivity index (χ4n) is 1.86. The van der Waals surface area contributed by atoms with E-state index < -0.39 is 5.82 Å². The molecule has 104 valence electrons. The maximum atomic E-state index is 13.1. The second-order valence-electron chi connectivity index (χ2n) is 4.47. The summed E-state index contributed by atoms with van der Waals surface area (Å²) in [6, 6.07) is 10.4. The second kappa shape index (κ2) is 6.20. The van der Waals surface area contributed by atoms with Gasteiger partial charge in [0.05, 0.1) is 5.02 Å². The first-order chi connectivity index (χ1) is 9.47. The van der Waals surface area contributed by atoms with E-state index in [1.165, 1.54) is 12.1 Å². The minimum atomic E-state index is -0.453. The van der Waals surface area contributed by atoms with Crippen molar-refractivity contribution in [2.75, 3.05) is 10.6 Å². The van der Waals surface area contributed by atoms with E-state index in [1.807, 2.05) is 32.0 Å².